The number of hydrogen-bond donors (Lipinski definition) is 2. The van der Waals surface area contributed by atoms with E-state index in [9.17, 15) is 20.3 Å². The van der Waals surface area contributed by atoms with E-state index < -0.39 is 4.92 Å². The van der Waals surface area contributed by atoms with Gasteiger partial charge in [-0.1, -0.05) is 12.1 Å². The number of anilines is 1. The third kappa shape index (κ3) is 4.18. The van der Waals surface area contributed by atoms with Gasteiger partial charge >= 0.3 is 0 Å². The fraction of sp³-hybridized carbons (Fsp3) is 0.353. The van der Waals surface area contributed by atoms with Crippen LogP contribution in [0.2, 0.25) is 0 Å². The number of benzene rings is 1. The van der Waals surface area contributed by atoms with Gasteiger partial charge in [0.15, 0.2) is 17.0 Å². The molecule has 0 spiro atoms. The highest BCUT2D eigenvalue weighted by Crippen LogP contribution is 2.21. The van der Waals surface area contributed by atoms with E-state index in [0.717, 1.165) is 5.56 Å². The minimum absolute atomic E-state index is 0.0631. The van der Waals surface area contributed by atoms with Gasteiger partial charge in [0.1, 0.15) is 6.33 Å². The molecule has 0 saturated carbocycles. The molecule has 2 N–H and O–H groups in total. The van der Waals surface area contributed by atoms with Gasteiger partial charge in [-0.3, -0.25) is 10.1 Å². The van der Waals surface area contributed by atoms with Crippen molar-refractivity contribution in [2.45, 2.75) is 13.0 Å². The Bertz CT molecular complexity index is 905. The van der Waals surface area contributed by atoms with Crippen LogP contribution in [0.15, 0.2) is 36.9 Å². The second-order valence-corrected chi connectivity index (χ2v) is 5.92. The third-order valence-corrected chi connectivity index (χ3v) is 4.21. The molecule has 2 heterocycles. The maximum absolute atomic E-state index is 10.7. The van der Waals surface area contributed by atoms with Crippen molar-refractivity contribution in [1.82, 2.24) is 19.5 Å². The summed E-state index contributed by atoms with van der Waals surface area (Å²) in [5, 5.41) is 29.2. The molecule has 0 amide bonds. The lowest BCUT2D eigenvalue weighted by Gasteiger charge is -2.21. The van der Waals surface area contributed by atoms with Crippen LogP contribution in [-0.2, 0) is 13.0 Å². The number of aliphatic hydroxyl groups is 2. The van der Waals surface area contributed by atoms with Gasteiger partial charge in [-0.25, -0.2) is 15.0 Å². The fourth-order valence-corrected chi connectivity index (χ4v) is 2.86. The van der Waals surface area contributed by atoms with E-state index in [1.807, 2.05) is 4.57 Å². The van der Waals surface area contributed by atoms with Crippen molar-refractivity contribution in [2.75, 3.05) is 31.2 Å². The second-order valence-electron chi connectivity index (χ2n) is 5.92. The van der Waals surface area contributed by atoms with Gasteiger partial charge in [-0.2, -0.15) is 0 Å². The van der Waals surface area contributed by atoms with Crippen LogP contribution in [0.25, 0.3) is 11.2 Å². The standard InChI is InChI=1S/C17H20N6O4/c24-9-7-21(8-10-25)16-15-17(19-11-18-16)22(12-20-15)6-5-13-1-3-14(4-2-13)23(26)27/h1-4,11-12,24-25H,5-10H2. The molecule has 3 aromatic rings. The van der Waals surface area contributed by atoms with Gasteiger partial charge in [0.2, 0.25) is 0 Å². The molecule has 10 heteroatoms. The summed E-state index contributed by atoms with van der Waals surface area (Å²) in [5.74, 6) is 0.567. The Labute approximate surface area is 154 Å². The topological polar surface area (TPSA) is 130 Å². The van der Waals surface area contributed by atoms with Gasteiger partial charge in [0.05, 0.1) is 24.5 Å². The highest BCUT2D eigenvalue weighted by atomic mass is 16.6. The molecule has 0 fully saturated rings. The summed E-state index contributed by atoms with van der Waals surface area (Å²) in [6.07, 6.45) is 3.77. The number of rotatable bonds is 9. The summed E-state index contributed by atoms with van der Waals surface area (Å²) >= 11 is 0. The highest BCUT2D eigenvalue weighted by molar-refractivity contribution is 5.83. The Kier molecular flexibility index (Phi) is 5.89. The lowest BCUT2D eigenvalue weighted by molar-refractivity contribution is -0.384. The second kappa shape index (κ2) is 8.52. The van der Waals surface area contributed by atoms with Gasteiger partial charge in [-0.05, 0) is 12.0 Å². The van der Waals surface area contributed by atoms with Crippen molar-refractivity contribution in [2.24, 2.45) is 0 Å². The Balaban J connectivity index is 1.80. The zero-order valence-electron chi connectivity index (χ0n) is 14.6. The maximum atomic E-state index is 10.7. The molecule has 27 heavy (non-hydrogen) atoms. The number of nitro groups is 1. The normalized spacial score (nSPS) is 11.0. The van der Waals surface area contributed by atoms with Crippen molar-refractivity contribution < 1.29 is 15.1 Å². The van der Waals surface area contributed by atoms with Crippen LogP contribution in [0.1, 0.15) is 5.56 Å². The molecule has 3 rings (SSSR count). The van der Waals surface area contributed by atoms with E-state index in [0.29, 0.717) is 43.0 Å². The van der Waals surface area contributed by atoms with Crippen LogP contribution in [0.4, 0.5) is 11.5 Å². The Morgan fingerprint density at radius 3 is 2.41 bits per heavy atom. The quantitative estimate of drug-likeness (QED) is 0.416. The summed E-state index contributed by atoms with van der Waals surface area (Å²) in [5.41, 5.74) is 2.29. The molecule has 0 aliphatic rings. The van der Waals surface area contributed by atoms with Crippen LogP contribution in [0, 0.1) is 10.1 Å². The van der Waals surface area contributed by atoms with Gasteiger partial charge < -0.3 is 19.7 Å². The first kappa shape index (κ1) is 18.7. The summed E-state index contributed by atoms with van der Waals surface area (Å²) < 4.78 is 1.89. The van der Waals surface area contributed by atoms with E-state index in [2.05, 4.69) is 15.0 Å². The fourth-order valence-electron chi connectivity index (χ4n) is 2.86. The van der Waals surface area contributed by atoms with E-state index in [1.54, 1.807) is 23.4 Å². The summed E-state index contributed by atoms with van der Waals surface area (Å²) in [7, 11) is 0. The average molecular weight is 372 g/mol. The predicted octanol–water partition coefficient (Wildman–Crippen LogP) is 0.768. The maximum Gasteiger partial charge on any atom is 0.269 e. The number of nitro benzene ring substituents is 1. The molecule has 10 nitrogen and oxygen atoms in total. The Morgan fingerprint density at radius 1 is 1.07 bits per heavy atom. The zero-order valence-corrected chi connectivity index (χ0v) is 14.6. The third-order valence-electron chi connectivity index (χ3n) is 4.21. The first-order valence-electron chi connectivity index (χ1n) is 8.50. The van der Waals surface area contributed by atoms with Crippen molar-refractivity contribution in [1.29, 1.82) is 0 Å². The number of non-ortho nitro benzene ring substituents is 1. The SMILES string of the molecule is O=[N+]([O-])c1ccc(CCn2cnc3c(N(CCO)CCO)ncnc32)cc1. The number of aryl methyl sites for hydroxylation is 2. The summed E-state index contributed by atoms with van der Waals surface area (Å²) in [6.45, 7) is 1.15. The molecule has 0 saturated heterocycles. The van der Waals surface area contributed by atoms with Crippen LogP contribution in [-0.4, -0.2) is 61.0 Å². The molecule has 142 valence electrons. The molecule has 2 aromatic heterocycles. The van der Waals surface area contributed by atoms with E-state index in [-0.39, 0.29) is 18.9 Å². The molecule has 0 atom stereocenters. The molecule has 0 unspecified atom stereocenters. The van der Waals surface area contributed by atoms with Gasteiger partial charge in [0, 0.05) is 31.8 Å². The average Bonchev–Trinajstić information content (AvgIpc) is 3.10. The number of aromatic nitrogens is 4. The Morgan fingerprint density at radius 2 is 1.78 bits per heavy atom. The first-order chi connectivity index (χ1) is 13.1. The highest BCUT2D eigenvalue weighted by Gasteiger charge is 2.15. The monoisotopic (exact) mass is 372 g/mol. The van der Waals surface area contributed by atoms with Crippen molar-refractivity contribution in [3.05, 3.63) is 52.6 Å². The van der Waals surface area contributed by atoms with E-state index >= 15 is 0 Å². The van der Waals surface area contributed by atoms with E-state index in [4.69, 9.17) is 0 Å². The van der Waals surface area contributed by atoms with Crippen LogP contribution in [0.5, 0.6) is 0 Å². The molecule has 1 aromatic carbocycles. The largest absolute Gasteiger partial charge is 0.395 e. The lowest BCUT2D eigenvalue weighted by Crippen LogP contribution is -2.30. The molecular formula is C17H20N6O4. The van der Waals surface area contributed by atoms with Crippen LogP contribution in [0.3, 0.4) is 0 Å². The minimum atomic E-state index is -0.421. The molecule has 0 bridgehead atoms. The molecule has 0 aliphatic carbocycles. The van der Waals surface area contributed by atoms with Gasteiger partial charge in [0.25, 0.3) is 5.69 Å². The smallest absolute Gasteiger partial charge is 0.269 e. The zero-order chi connectivity index (χ0) is 19.2. The van der Waals surface area contributed by atoms with Crippen LogP contribution >= 0.6 is 0 Å². The van der Waals surface area contributed by atoms with Gasteiger partial charge in [-0.15, -0.1) is 0 Å². The number of fused-ring (bicyclic) bond motifs is 1. The van der Waals surface area contributed by atoms with Crippen molar-refractivity contribution in [3.63, 3.8) is 0 Å². The minimum Gasteiger partial charge on any atom is -0.395 e. The number of aliphatic hydroxyl groups excluding tert-OH is 2. The molecule has 0 aliphatic heterocycles. The first-order valence-corrected chi connectivity index (χ1v) is 8.50. The number of nitrogens with zero attached hydrogens (tertiary/aromatic N) is 6. The van der Waals surface area contributed by atoms with Crippen LogP contribution < -0.4 is 4.90 Å². The predicted molar refractivity (Wildman–Crippen MR) is 98.5 cm³/mol. The number of hydrogen-bond acceptors (Lipinski definition) is 8. The number of imidazole rings is 1. The van der Waals surface area contributed by atoms with E-state index in [1.165, 1.54) is 18.5 Å². The summed E-state index contributed by atoms with van der Waals surface area (Å²) in [6, 6.07) is 6.45. The summed E-state index contributed by atoms with van der Waals surface area (Å²) in [4.78, 5) is 25.0. The van der Waals surface area contributed by atoms with Crippen molar-refractivity contribution in [3.8, 4) is 0 Å². The Hall–Kier alpha value is -3.11. The molecule has 0 radical (unpaired) electrons. The lowest BCUT2D eigenvalue weighted by atomic mass is 10.1. The molecular weight excluding hydrogens is 352 g/mol. The van der Waals surface area contributed by atoms with Crippen molar-refractivity contribution >= 4 is 22.7 Å².